The zero-order chi connectivity index (χ0) is 29.4. The molecule has 0 radical (unpaired) electrons. The Bertz CT molecular complexity index is 1490. The first-order chi connectivity index (χ1) is 19.4. The molecule has 3 aromatic rings. The summed E-state index contributed by atoms with van der Waals surface area (Å²) in [7, 11) is -2.14. The maximum absolute atomic E-state index is 13.6. The molecule has 4 heterocycles. The van der Waals surface area contributed by atoms with Gasteiger partial charge in [0.25, 0.3) is 10.0 Å². The maximum atomic E-state index is 13.6. The summed E-state index contributed by atoms with van der Waals surface area (Å²) in [6.45, 7) is 7.27. The molecule has 12 nitrogen and oxygen atoms in total. The second-order valence-electron chi connectivity index (χ2n) is 11.4. The Labute approximate surface area is 238 Å². The molecule has 2 atom stereocenters. The van der Waals surface area contributed by atoms with Crippen molar-refractivity contribution >= 4 is 21.9 Å². The highest BCUT2D eigenvalue weighted by Crippen LogP contribution is 2.33. The highest BCUT2D eigenvalue weighted by atomic mass is 32.2. The van der Waals surface area contributed by atoms with E-state index in [1.807, 2.05) is 20.8 Å². The van der Waals surface area contributed by atoms with Crippen LogP contribution in [0.15, 0.2) is 54.2 Å². The maximum Gasteiger partial charge on any atom is 0.410 e. The van der Waals surface area contributed by atoms with Crippen LogP contribution in [0, 0.1) is 11.7 Å². The summed E-state index contributed by atoms with van der Waals surface area (Å²) in [5.74, 6) is 0.326. The molecule has 1 N–H and O–H groups in total. The molecule has 14 heteroatoms. The Balaban J connectivity index is 1.24. The van der Waals surface area contributed by atoms with Crippen molar-refractivity contribution in [3.05, 3.63) is 60.6 Å². The SMILES string of the molecule is Cn1cnc(S(=O)(=O)N2C[C@H](Nc3cc(OCC4CN(C(=O)OC(C)(C)C)C4)ncn3)[C@@H](c3ccc(F)cc3)C2)c1. The molecule has 2 aliphatic rings. The Kier molecular flexibility index (Phi) is 7.88. The van der Waals surface area contributed by atoms with Crippen LogP contribution < -0.4 is 10.1 Å². The van der Waals surface area contributed by atoms with Gasteiger partial charge in [0.15, 0.2) is 5.03 Å². The van der Waals surface area contributed by atoms with E-state index in [-0.39, 0.29) is 47.9 Å². The van der Waals surface area contributed by atoms with E-state index >= 15 is 0 Å². The van der Waals surface area contributed by atoms with Gasteiger partial charge in [0.2, 0.25) is 5.88 Å². The molecule has 0 saturated carbocycles. The number of hydrogen-bond acceptors (Lipinski definition) is 9. The quantitative estimate of drug-likeness (QED) is 0.423. The van der Waals surface area contributed by atoms with Gasteiger partial charge < -0.3 is 24.3 Å². The van der Waals surface area contributed by atoms with E-state index in [0.717, 1.165) is 5.56 Å². The minimum atomic E-state index is -3.84. The summed E-state index contributed by atoms with van der Waals surface area (Å²) >= 11 is 0. The van der Waals surface area contributed by atoms with Crippen LogP contribution in [0.3, 0.4) is 0 Å². The smallest absolute Gasteiger partial charge is 0.410 e. The third kappa shape index (κ3) is 6.76. The largest absolute Gasteiger partial charge is 0.477 e. The van der Waals surface area contributed by atoms with Crippen molar-refractivity contribution in [3.8, 4) is 5.88 Å². The lowest BCUT2D eigenvalue weighted by Gasteiger charge is -2.39. The molecule has 41 heavy (non-hydrogen) atoms. The number of rotatable bonds is 8. The van der Waals surface area contributed by atoms with Gasteiger partial charge in [-0.3, -0.25) is 0 Å². The Morgan fingerprint density at radius 2 is 1.83 bits per heavy atom. The predicted octanol–water partition coefficient (Wildman–Crippen LogP) is 2.86. The van der Waals surface area contributed by atoms with E-state index in [1.165, 1.54) is 35.3 Å². The minimum absolute atomic E-state index is 0.0301. The van der Waals surface area contributed by atoms with E-state index in [9.17, 15) is 17.6 Å². The molecule has 220 valence electrons. The number of imidazole rings is 1. The zero-order valence-corrected chi connectivity index (χ0v) is 24.2. The number of carbonyl (C=O) groups excluding carboxylic acids is 1. The van der Waals surface area contributed by atoms with Crippen molar-refractivity contribution in [2.75, 3.05) is 38.1 Å². The number of benzene rings is 1. The third-order valence-corrected chi connectivity index (χ3v) is 8.64. The number of likely N-dealkylation sites (tertiary alicyclic amines) is 1. The van der Waals surface area contributed by atoms with Crippen LogP contribution in [0.5, 0.6) is 5.88 Å². The fraction of sp³-hybridized carbons (Fsp3) is 0.481. The standard InChI is InChI=1S/C27H34FN7O5S/c1-27(2,3)40-26(36)34-10-18(11-34)15-39-24-9-23(29-16-30-24)32-22-13-35(41(37,38)25-14-33(4)17-31-25)12-21(22)19-5-7-20(28)8-6-19/h5-9,14,16-18,21-22H,10-13,15H2,1-4H3,(H,29,30,32)/t21-,22+/m1/s1. The van der Waals surface area contributed by atoms with E-state index in [0.29, 0.717) is 31.4 Å². The fourth-order valence-corrected chi connectivity index (χ4v) is 6.31. The van der Waals surface area contributed by atoms with E-state index < -0.39 is 15.6 Å². The Morgan fingerprint density at radius 3 is 2.49 bits per heavy atom. The van der Waals surface area contributed by atoms with Crippen LogP contribution in [0.25, 0.3) is 0 Å². The van der Waals surface area contributed by atoms with Gasteiger partial charge in [0, 0.05) is 63.4 Å². The van der Waals surface area contributed by atoms with Crippen molar-refractivity contribution in [2.24, 2.45) is 13.0 Å². The molecule has 1 amide bonds. The molecule has 2 aliphatic heterocycles. The number of nitrogens with zero attached hydrogens (tertiary/aromatic N) is 6. The summed E-state index contributed by atoms with van der Waals surface area (Å²) < 4.78 is 54.5. The molecule has 1 aromatic carbocycles. The number of sulfonamides is 1. The van der Waals surface area contributed by atoms with Crippen LogP contribution in [-0.4, -0.2) is 87.7 Å². The van der Waals surface area contributed by atoms with Gasteiger partial charge in [-0.25, -0.2) is 32.6 Å². The third-order valence-electron chi connectivity index (χ3n) is 6.92. The molecule has 2 aromatic heterocycles. The number of halogens is 1. The van der Waals surface area contributed by atoms with Gasteiger partial charge in [0.1, 0.15) is 23.6 Å². The first kappa shape index (κ1) is 28.7. The summed E-state index contributed by atoms with van der Waals surface area (Å²) in [6.07, 6.45) is 3.94. The van der Waals surface area contributed by atoms with Crippen LogP contribution in [0.4, 0.5) is 15.0 Å². The number of carbonyl (C=O) groups is 1. The van der Waals surface area contributed by atoms with Gasteiger partial charge in [-0.1, -0.05) is 12.1 Å². The normalized spacial score (nSPS) is 20.1. The highest BCUT2D eigenvalue weighted by molar-refractivity contribution is 7.89. The molecule has 0 unspecified atom stereocenters. The number of anilines is 1. The van der Waals surface area contributed by atoms with E-state index in [2.05, 4.69) is 20.3 Å². The average molecular weight is 588 g/mol. The second kappa shape index (κ2) is 11.2. The van der Waals surface area contributed by atoms with Crippen LogP contribution in [0.1, 0.15) is 32.3 Å². The van der Waals surface area contributed by atoms with Crippen molar-refractivity contribution < 1.29 is 27.1 Å². The second-order valence-corrected chi connectivity index (χ2v) is 13.3. The Morgan fingerprint density at radius 1 is 1.10 bits per heavy atom. The number of hydrogen-bond donors (Lipinski definition) is 1. The van der Waals surface area contributed by atoms with Crippen LogP contribution in [-0.2, 0) is 21.8 Å². The van der Waals surface area contributed by atoms with Crippen molar-refractivity contribution in [1.82, 2.24) is 28.7 Å². The average Bonchev–Trinajstić information content (AvgIpc) is 3.50. The number of aryl methyl sites for hydroxylation is 1. The molecular weight excluding hydrogens is 553 g/mol. The van der Waals surface area contributed by atoms with Crippen molar-refractivity contribution in [1.29, 1.82) is 0 Å². The molecule has 0 bridgehead atoms. The van der Waals surface area contributed by atoms with Crippen molar-refractivity contribution in [3.63, 3.8) is 0 Å². The number of ether oxygens (including phenoxy) is 2. The predicted molar refractivity (Wildman–Crippen MR) is 147 cm³/mol. The fourth-order valence-electron chi connectivity index (χ4n) is 4.85. The Hall–Kier alpha value is -3.78. The topological polar surface area (TPSA) is 132 Å². The van der Waals surface area contributed by atoms with Gasteiger partial charge in [0.05, 0.1) is 12.9 Å². The number of nitrogens with one attached hydrogen (secondary N) is 1. The van der Waals surface area contributed by atoms with Gasteiger partial charge in [-0.05, 0) is 38.5 Å². The summed E-state index contributed by atoms with van der Waals surface area (Å²) in [6, 6.07) is 7.35. The molecule has 5 rings (SSSR count). The van der Waals surface area contributed by atoms with Gasteiger partial charge in [-0.15, -0.1) is 0 Å². The molecular formula is C27H34FN7O5S. The summed E-state index contributed by atoms with van der Waals surface area (Å²) in [5, 5.41) is 3.31. The summed E-state index contributed by atoms with van der Waals surface area (Å²) in [5.41, 5.74) is 0.255. The first-order valence-electron chi connectivity index (χ1n) is 13.3. The monoisotopic (exact) mass is 587 g/mol. The van der Waals surface area contributed by atoms with Crippen LogP contribution in [0.2, 0.25) is 0 Å². The number of amides is 1. The summed E-state index contributed by atoms with van der Waals surface area (Å²) in [4.78, 5) is 26.3. The van der Waals surface area contributed by atoms with E-state index in [1.54, 1.807) is 34.7 Å². The van der Waals surface area contributed by atoms with Crippen LogP contribution >= 0.6 is 0 Å². The van der Waals surface area contributed by atoms with Crippen molar-refractivity contribution in [2.45, 2.75) is 43.4 Å². The highest BCUT2D eigenvalue weighted by Gasteiger charge is 2.41. The molecule has 2 saturated heterocycles. The van der Waals surface area contributed by atoms with E-state index in [4.69, 9.17) is 9.47 Å². The lowest BCUT2D eigenvalue weighted by Crippen LogP contribution is -2.53. The van der Waals surface area contributed by atoms with Gasteiger partial charge >= 0.3 is 6.09 Å². The first-order valence-corrected chi connectivity index (χ1v) is 14.7. The molecule has 0 aliphatic carbocycles. The number of aromatic nitrogens is 4. The molecule has 0 spiro atoms. The lowest BCUT2D eigenvalue weighted by molar-refractivity contribution is -0.00808. The molecule has 2 fully saturated rings. The minimum Gasteiger partial charge on any atom is -0.477 e. The van der Waals surface area contributed by atoms with Gasteiger partial charge in [-0.2, -0.15) is 4.31 Å². The zero-order valence-electron chi connectivity index (χ0n) is 23.4. The lowest BCUT2D eigenvalue weighted by atomic mass is 9.94.